The van der Waals surface area contributed by atoms with Crippen LogP contribution in [-0.2, 0) is 22.7 Å². The summed E-state index contributed by atoms with van der Waals surface area (Å²) >= 11 is 0. The molecule has 3 aromatic rings. The lowest BCUT2D eigenvalue weighted by molar-refractivity contribution is -0.142. The monoisotopic (exact) mass is 734 g/mol. The smallest absolute Gasteiger partial charge is 0.343 e. The summed E-state index contributed by atoms with van der Waals surface area (Å²) in [7, 11) is 4.33. The molecule has 4 heterocycles. The average Bonchev–Trinajstić information content (AvgIpc) is 3.77. The fraction of sp³-hybridized carbons (Fsp3) is 0.341. The molecule has 0 bridgehead atoms. The Morgan fingerprint density at radius 3 is 1.59 bits per heavy atom. The number of carbonyl (C=O) groups excluding carboxylic acids is 3. The predicted molar refractivity (Wildman–Crippen MR) is 201 cm³/mol. The summed E-state index contributed by atoms with van der Waals surface area (Å²) < 4.78 is 34.4. The summed E-state index contributed by atoms with van der Waals surface area (Å²) in [6, 6.07) is 12.0. The highest BCUT2D eigenvalue weighted by molar-refractivity contribution is 6.04. The van der Waals surface area contributed by atoms with E-state index in [0.717, 1.165) is 12.8 Å². The van der Waals surface area contributed by atoms with Crippen molar-refractivity contribution in [1.29, 1.82) is 0 Å². The van der Waals surface area contributed by atoms with Gasteiger partial charge in [-0.25, -0.2) is 4.79 Å². The van der Waals surface area contributed by atoms with Crippen LogP contribution in [0.25, 0.3) is 0 Å². The van der Waals surface area contributed by atoms with E-state index in [9.17, 15) is 14.4 Å². The number of hydrogen-bond donors (Lipinski definition) is 0. The van der Waals surface area contributed by atoms with E-state index < -0.39 is 5.97 Å². The van der Waals surface area contributed by atoms with Gasteiger partial charge in [0.2, 0.25) is 0 Å². The number of amides is 2. The maximum Gasteiger partial charge on any atom is 0.343 e. The molecule has 0 N–H and O–H groups in total. The van der Waals surface area contributed by atoms with Crippen molar-refractivity contribution in [3.63, 3.8) is 0 Å². The standard InChI is InChI=1S/C41H42N4O9/c1-6-24-9-28-17-42-33-15-37(35(49-3)13-31(33)40(47)44(28)19-24)53-21-26-8-27(12-30(11-26)52-23-39(46)51-5)22-54-38-16-34-32(14-36(38)50-4)41(48)45-20-25(7-2)10-29(45)18-43-34/h6-8,11-18,28-29H,9-10,19-23H2,1-5H3/b24-6-,25-7-/t28-,29-/m0/s1. The van der Waals surface area contributed by atoms with Crippen LogP contribution in [0.2, 0.25) is 0 Å². The number of carbonyl (C=O) groups is 3. The van der Waals surface area contributed by atoms with Crippen molar-refractivity contribution >= 4 is 41.6 Å². The number of hydrogen-bond acceptors (Lipinski definition) is 11. The van der Waals surface area contributed by atoms with E-state index in [1.165, 1.54) is 32.5 Å². The number of benzene rings is 3. The second kappa shape index (κ2) is 15.5. The fourth-order valence-corrected chi connectivity index (χ4v) is 7.03. The molecular weight excluding hydrogens is 692 g/mol. The highest BCUT2D eigenvalue weighted by Crippen LogP contribution is 2.41. The minimum absolute atomic E-state index is 0.0836. The van der Waals surface area contributed by atoms with Crippen molar-refractivity contribution in [2.75, 3.05) is 41.0 Å². The van der Waals surface area contributed by atoms with Crippen LogP contribution in [-0.4, -0.2) is 93.1 Å². The molecule has 0 saturated carbocycles. The van der Waals surface area contributed by atoms with Gasteiger partial charge in [0.05, 0.1) is 55.9 Å². The van der Waals surface area contributed by atoms with Crippen molar-refractivity contribution in [2.24, 2.45) is 9.98 Å². The first-order chi connectivity index (χ1) is 26.2. The van der Waals surface area contributed by atoms with Crippen molar-refractivity contribution in [3.8, 4) is 28.7 Å². The summed E-state index contributed by atoms with van der Waals surface area (Å²) in [6.07, 6.45) is 9.24. The second-order valence-corrected chi connectivity index (χ2v) is 13.3. The molecule has 0 aliphatic carbocycles. The number of rotatable bonds is 11. The third-order valence-corrected chi connectivity index (χ3v) is 10.0. The van der Waals surface area contributed by atoms with Gasteiger partial charge in [0.15, 0.2) is 29.6 Å². The molecule has 0 unspecified atom stereocenters. The van der Waals surface area contributed by atoms with Crippen LogP contribution in [0.3, 0.4) is 0 Å². The van der Waals surface area contributed by atoms with Gasteiger partial charge in [-0.1, -0.05) is 23.3 Å². The highest BCUT2D eigenvalue weighted by Gasteiger charge is 2.36. The normalized spacial score (nSPS) is 19.9. The number of esters is 1. The van der Waals surface area contributed by atoms with E-state index >= 15 is 0 Å². The number of methoxy groups -OCH3 is 3. The lowest BCUT2D eigenvalue weighted by Crippen LogP contribution is -2.35. The zero-order valence-corrected chi connectivity index (χ0v) is 30.9. The van der Waals surface area contributed by atoms with E-state index in [1.807, 2.05) is 54.3 Å². The molecule has 2 fully saturated rings. The van der Waals surface area contributed by atoms with Gasteiger partial charge in [-0.3, -0.25) is 19.6 Å². The average molecular weight is 735 g/mol. The number of aliphatic imine (C=N–C) groups is 2. The third-order valence-electron chi connectivity index (χ3n) is 10.0. The minimum Gasteiger partial charge on any atom is -0.493 e. The van der Waals surface area contributed by atoms with Gasteiger partial charge >= 0.3 is 5.97 Å². The number of nitrogens with zero attached hydrogens (tertiary/aromatic N) is 4. The Balaban J connectivity index is 1.12. The van der Waals surface area contributed by atoms with Gasteiger partial charge in [-0.05, 0) is 68.1 Å². The van der Waals surface area contributed by atoms with Crippen molar-refractivity contribution in [3.05, 3.63) is 88.0 Å². The van der Waals surface area contributed by atoms with Crippen LogP contribution in [0.5, 0.6) is 28.7 Å². The summed E-state index contributed by atoms with van der Waals surface area (Å²) in [5.41, 5.74) is 5.70. The van der Waals surface area contributed by atoms with Crippen LogP contribution in [0.4, 0.5) is 11.4 Å². The molecule has 4 aliphatic heterocycles. The van der Waals surface area contributed by atoms with Crippen LogP contribution in [0.15, 0.2) is 75.7 Å². The number of allylic oxidation sites excluding steroid dienone is 2. The molecule has 13 nitrogen and oxygen atoms in total. The van der Waals surface area contributed by atoms with Gasteiger partial charge in [0.1, 0.15) is 19.0 Å². The largest absolute Gasteiger partial charge is 0.493 e. The highest BCUT2D eigenvalue weighted by atomic mass is 16.6. The number of fused-ring (bicyclic) bond motifs is 4. The van der Waals surface area contributed by atoms with Gasteiger partial charge in [0.25, 0.3) is 11.8 Å². The fourth-order valence-electron chi connectivity index (χ4n) is 7.03. The molecule has 4 aliphatic rings. The molecule has 3 aromatic carbocycles. The first-order valence-electron chi connectivity index (χ1n) is 17.7. The number of ether oxygens (including phenoxy) is 6. The Morgan fingerprint density at radius 2 is 1.17 bits per heavy atom. The topological polar surface area (TPSA) is 138 Å². The van der Waals surface area contributed by atoms with Crippen molar-refractivity contribution in [2.45, 2.75) is 52.0 Å². The molecule has 0 aromatic heterocycles. The van der Waals surface area contributed by atoms with Crippen LogP contribution in [0, 0.1) is 0 Å². The Kier molecular flexibility index (Phi) is 10.4. The minimum atomic E-state index is -0.533. The molecule has 2 amide bonds. The molecule has 54 heavy (non-hydrogen) atoms. The predicted octanol–water partition coefficient (Wildman–Crippen LogP) is 6.17. The summed E-state index contributed by atoms with van der Waals surface area (Å²) in [5, 5.41) is 0. The molecule has 2 saturated heterocycles. The molecule has 280 valence electrons. The van der Waals surface area contributed by atoms with Gasteiger partial charge < -0.3 is 38.2 Å². The first-order valence-corrected chi connectivity index (χ1v) is 17.7. The molecule has 13 heteroatoms. The van der Waals surface area contributed by atoms with E-state index in [0.29, 0.717) is 75.5 Å². The van der Waals surface area contributed by atoms with E-state index in [2.05, 4.69) is 9.98 Å². The zero-order chi connectivity index (χ0) is 37.9. The third kappa shape index (κ3) is 7.26. The van der Waals surface area contributed by atoms with E-state index in [1.54, 1.807) is 36.4 Å². The molecule has 2 atom stereocenters. The van der Waals surface area contributed by atoms with E-state index in [4.69, 9.17) is 28.4 Å². The first kappa shape index (κ1) is 36.3. The SMILES string of the molecule is C/C=C1/C[C@H]2C=Nc3cc(OCc4cc(COc5cc6c(cc5OC)C(=O)N5C/C(=C\C)C[C@H]5C=N6)cc(OCC(=O)OC)c4)c(OC)cc3C(=O)N2C1. The Hall–Kier alpha value is -6.11. The Bertz CT molecular complexity index is 1990. The van der Waals surface area contributed by atoms with Gasteiger partial charge in [0, 0.05) is 37.7 Å². The summed E-state index contributed by atoms with van der Waals surface area (Å²) in [4.78, 5) is 52.0. The van der Waals surface area contributed by atoms with Crippen molar-refractivity contribution < 1.29 is 42.8 Å². The summed E-state index contributed by atoms with van der Waals surface area (Å²) in [6.45, 7) is 4.97. The quantitative estimate of drug-likeness (QED) is 0.167. The second-order valence-electron chi connectivity index (χ2n) is 13.3. The van der Waals surface area contributed by atoms with Crippen LogP contribution < -0.4 is 23.7 Å². The lowest BCUT2D eigenvalue weighted by Gasteiger charge is -2.20. The van der Waals surface area contributed by atoms with Crippen LogP contribution >= 0.6 is 0 Å². The lowest BCUT2D eigenvalue weighted by atomic mass is 10.1. The van der Waals surface area contributed by atoms with Crippen molar-refractivity contribution in [1.82, 2.24) is 9.80 Å². The van der Waals surface area contributed by atoms with E-state index in [-0.39, 0.29) is 43.7 Å². The Morgan fingerprint density at radius 1 is 0.685 bits per heavy atom. The zero-order valence-electron chi connectivity index (χ0n) is 30.9. The van der Waals surface area contributed by atoms with Crippen LogP contribution in [0.1, 0.15) is 58.5 Å². The maximum atomic E-state index is 13.5. The molecule has 0 spiro atoms. The Labute approximate surface area is 313 Å². The molecular formula is C41H42N4O9. The van der Waals surface area contributed by atoms with Gasteiger partial charge in [-0.15, -0.1) is 0 Å². The molecule has 0 radical (unpaired) electrons. The maximum absolute atomic E-state index is 13.5. The van der Waals surface area contributed by atoms with Gasteiger partial charge in [-0.2, -0.15) is 0 Å². The molecule has 7 rings (SSSR count). The summed E-state index contributed by atoms with van der Waals surface area (Å²) in [5.74, 6) is 1.24.